The third-order valence-electron chi connectivity index (χ3n) is 2.35. The van der Waals surface area contributed by atoms with Gasteiger partial charge in [-0.05, 0) is 19.0 Å². The van der Waals surface area contributed by atoms with Crippen LogP contribution in [0.15, 0.2) is 0 Å². The first-order valence-corrected chi connectivity index (χ1v) is 6.20. The first-order chi connectivity index (χ1) is 6.81. The van der Waals surface area contributed by atoms with Gasteiger partial charge in [0.15, 0.2) is 0 Å². The van der Waals surface area contributed by atoms with Gasteiger partial charge in [0.05, 0.1) is 0 Å². The van der Waals surface area contributed by atoms with E-state index in [0.29, 0.717) is 5.41 Å². The van der Waals surface area contributed by atoms with E-state index in [2.05, 4.69) is 67.3 Å². The minimum absolute atomic E-state index is 0.130. The molecule has 0 atom stereocenters. The molecule has 0 aliphatic rings. The third-order valence-corrected chi connectivity index (χ3v) is 2.35. The number of nitrogens with zero attached hydrogens (tertiary/aromatic N) is 1. The van der Waals surface area contributed by atoms with E-state index in [1.54, 1.807) is 0 Å². The Hall–Kier alpha value is -0.0400. The lowest BCUT2D eigenvalue weighted by molar-refractivity contribution is 0.136. The van der Waals surface area contributed by atoms with E-state index in [1.807, 2.05) is 0 Å². The summed E-state index contributed by atoms with van der Waals surface area (Å²) in [6, 6.07) is 0. The molecule has 0 fully saturated rings. The second-order valence-electron chi connectivity index (χ2n) is 7.84. The molecule has 0 aliphatic heterocycles. The second-order valence-corrected chi connectivity index (χ2v) is 7.84. The summed E-state index contributed by atoms with van der Waals surface area (Å²) in [6.45, 7) is 23.9. The normalized spacial score (nSPS) is 14.6. The lowest BCUT2D eigenvalue weighted by Gasteiger charge is -2.41. The zero-order chi connectivity index (χ0) is 13.2. The van der Waals surface area contributed by atoms with Gasteiger partial charge in [-0.15, -0.1) is 0 Å². The van der Waals surface area contributed by atoms with Crippen LogP contribution >= 0.6 is 0 Å². The van der Waals surface area contributed by atoms with Crippen molar-refractivity contribution in [1.29, 1.82) is 0 Å². The van der Waals surface area contributed by atoms with Crippen LogP contribution in [0.3, 0.4) is 0 Å². The van der Waals surface area contributed by atoms with E-state index in [9.17, 15) is 0 Å². The fourth-order valence-corrected chi connectivity index (χ4v) is 2.87. The molecule has 0 aromatic rings. The first-order valence-electron chi connectivity index (χ1n) is 6.20. The van der Waals surface area contributed by atoms with Gasteiger partial charge in [-0.1, -0.05) is 48.0 Å². The second kappa shape index (κ2) is 5.08. The molecular formula is C15H31N-2. The summed E-state index contributed by atoms with van der Waals surface area (Å²) in [4.78, 5) is 2.39. The summed E-state index contributed by atoms with van der Waals surface area (Å²) in [7, 11) is 2.19. The fraction of sp³-hybridized carbons (Fsp3) is 0.867. The van der Waals surface area contributed by atoms with Crippen LogP contribution < -0.4 is 0 Å². The van der Waals surface area contributed by atoms with Gasteiger partial charge in [-0.2, -0.15) is 10.8 Å². The quantitative estimate of drug-likeness (QED) is 0.616. The fourth-order valence-electron chi connectivity index (χ4n) is 2.87. The Bertz CT molecular complexity index is 202. The van der Waals surface area contributed by atoms with Gasteiger partial charge in [0.25, 0.3) is 0 Å². The molecule has 0 bridgehead atoms. The minimum Gasteiger partial charge on any atom is -0.338 e. The zero-order valence-corrected chi connectivity index (χ0v) is 12.5. The Labute approximate surface area is 104 Å². The van der Waals surface area contributed by atoms with Crippen molar-refractivity contribution in [1.82, 2.24) is 4.90 Å². The highest BCUT2D eigenvalue weighted by atomic mass is 15.1. The van der Waals surface area contributed by atoms with Crippen LogP contribution in [0.2, 0.25) is 0 Å². The van der Waals surface area contributed by atoms with Crippen molar-refractivity contribution in [3.63, 3.8) is 0 Å². The van der Waals surface area contributed by atoms with Gasteiger partial charge < -0.3 is 18.7 Å². The van der Waals surface area contributed by atoms with Gasteiger partial charge in [0.2, 0.25) is 0 Å². The summed E-state index contributed by atoms with van der Waals surface area (Å²) in [6.07, 6.45) is 1.14. The summed E-state index contributed by atoms with van der Waals surface area (Å²) in [5, 5.41) is 0. The van der Waals surface area contributed by atoms with E-state index in [4.69, 9.17) is 0 Å². The van der Waals surface area contributed by atoms with E-state index in [1.165, 1.54) is 0 Å². The van der Waals surface area contributed by atoms with Crippen molar-refractivity contribution < 1.29 is 0 Å². The predicted octanol–water partition coefficient (Wildman–Crippen LogP) is 4.06. The molecule has 0 aromatic carbocycles. The molecule has 0 heterocycles. The van der Waals surface area contributed by atoms with Gasteiger partial charge in [-0.3, -0.25) is 0 Å². The summed E-state index contributed by atoms with van der Waals surface area (Å²) in [5.74, 6) is 0. The molecule has 0 amide bonds. The van der Waals surface area contributed by atoms with Gasteiger partial charge in [-0.25, -0.2) is 0 Å². The molecule has 0 rings (SSSR count). The maximum atomic E-state index is 4.21. The highest BCUT2D eigenvalue weighted by molar-refractivity contribution is 4.84. The molecule has 16 heavy (non-hydrogen) atoms. The summed E-state index contributed by atoms with van der Waals surface area (Å²) < 4.78 is 0. The monoisotopic (exact) mass is 225 g/mol. The molecule has 0 aliphatic carbocycles. The Balaban J connectivity index is 4.26. The van der Waals surface area contributed by atoms with E-state index in [0.717, 1.165) is 19.5 Å². The molecule has 0 saturated heterocycles. The van der Waals surface area contributed by atoms with Crippen LogP contribution in [-0.4, -0.2) is 25.0 Å². The van der Waals surface area contributed by atoms with Crippen LogP contribution in [-0.2, 0) is 0 Å². The first kappa shape index (κ1) is 16.0. The smallest absolute Gasteiger partial charge is 0.00280 e. The van der Waals surface area contributed by atoms with E-state index < -0.39 is 0 Å². The van der Waals surface area contributed by atoms with Crippen LogP contribution in [0, 0.1) is 30.1 Å². The molecule has 0 spiro atoms. The van der Waals surface area contributed by atoms with Crippen molar-refractivity contribution in [2.24, 2.45) is 16.2 Å². The largest absolute Gasteiger partial charge is 0.338 e. The predicted molar refractivity (Wildman–Crippen MR) is 74.2 cm³/mol. The minimum atomic E-state index is 0.130. The molecule has 0 saturated carbocycles. The molecule has 0 unspecified atom stereocenters. The number of rotatable bonds is 6. The Morgan fingerprint density at radius 1 is 0.812 bits per heavy atom. The van der Waals surface area contributed by atoms with Crippen molar-refractivity contribution in [2.75, 3.05) is 20.1 Å². The van der Waals surface area contributed by atoms with Crippen molar-refractivity contribution in [3.05, 3.63) is 13.8 Å². The number of hydrogen-bond acceptors (Lipinski definition) is 1. The van der Waals surface area contributed by atoms with Gasteiger partial charge in [0.1, 0.15) is 0 Å². The standard InChI is InChI=1S/C15H31N/c1-13(2,3)10-15(7,8)12-16(9)11-14(4,5)6/h1,4,10-12H2,2-3,5-9H3/q-2. The highest BCUT2D eigenvalue weighted by Gasteiger charge is 2.24. The maximum absolute atomic E-state index is 4.21. The van der Waals surface area contributed by atoms with E-state index >= 15 is 0 Å². The van der Waals surface area contributed by atoms with Gasteiger partial charge >= 0.3 is 0 Å². The Morgan fingerprint density at radius 3 is 1.56 bits per heavy atom. The Morgan fingerprint density at radius 2 is 1.25 bits per heavy atom. The van der Waals surface area contributed by atoms with Crippen LogP contribution in [0.4, 0.5) is 0 Å². The zero-order valence-electron chi connectivity index (χ0n) is 12.5. The average Bonchev–Trinajstić information content (AvgIpc) is 1.70. The topological polar surface area (TPSA) is 3.24 Å². The van der Waals surface area contributed by atoms with Crippen LogP contribution in [0.25, 0.3) is 0 Å². The number of hydrogen-bond donors (Lipinski definition) is 0. The van der Waals surface area contributed by atoms with Crippen LogP contribution in [0.1, 0.15) is 48.0 Å². The van der Waals surface area contributed by atoms with Gasteiger partial charge in [0, 0.05) is 6.54 Å². The maximum Gasteiger partial charge on any atom is 0.00280 e. The summed E-state index contributed by atoms with van der Waals surface area (Å²) in [5.41, 5.74) is 0.598. The van der Waals surface area contributed by atoms with Crippen LogP contribution in [0.5, 0.6) is 0 Å². The molecule has 0 N–H and O–H groups in total. The molecule has 1 heteroatoms. The van der Waals surface area contributed by atoms with Crippen molar-refractivity contribution in [2.45, 2.75) is 48.0 Å². The molecule has 0 radical (unpaired) electrons. The average molecular weight is 225 g/mol. The van der Waals surface area contributed by atoms with Crippen molar-refractivity contribution in [3.8, 4) is 0 Å². The summed E-state index contributed by atoms with van der Waals surface area (Å²) >= 11 is 0. The van der Waals surface area contributed by atoms with E-state index in [-0.39, 0.29) is 10.8 Å². The SMILES string of the molecule is [CH2-]C(C)(C)CN(C)CC(C)(C)CC([CH2-])(C)C. The van der Waals surface area contributed by atoms with Crippen molar-refractivity contribution >= 4 is 0 Å². The molecule has 98 valence electrons. The molecule has 0 aromatic heterocycles. The third kappa shape index (κ3) is 9.21. The lowest BCUT2D eigenvalue weighted by Crippen LogP contribution is -2.38. The molecular weight excluding hydrogens is 194 g/mol. The lowest BCUT2D eigenvalue weighted by atomic mass is 9.76. The Kier molecular flexibility index (Phi) is 5.07. The highest BCUT2D eigenvalue weighted by Crippen LogP contribution is 2.33. The molecule has 1 nitrogen and oxygen atoms in total.